The van der Waals surface area contributed by atoms with Crippen LogP contribution in [0.2, 0.25) is 5.02 Å². The van der Waals surface area contributed by atoms with E-state index in [4.69, 9.17) is 11.6 Å². The number of hydrogen-bond acceptors (Lipinski definition) is 2. The highest BCUT2D eigenvalue weighted by atomic mass is 35.5. The molecule has 3 rings (SSSR count). The molecule has 2 amide bonds. The fourth-order valence-corrected chi connectivity index (χ4v) is 3.85. The van der Waals surface area contributed by atoms with Crippen molar-refractivity contribution < 1.29 is 18.0 Å². The molecule has 4 nitrogen and oxygen atoms in total. The molecule has 1 heterocycles. The minimum Gasteiger partial charge on any atom is -0.336 e. The van der Waals surface area contributed by atoms with Gasteiger partial charge >= 0.3 is 12.2 Å². The number of carbonyl (C=O) groups excluding carboxylic acids is 1. The van der Waals surface area contributed by atoms with Crippen LogP contribution in [-0.4, -0.2) is 17.1 Å². The van der Waals surface area contributed by atoms with Gasteiger partial charge in [0.1, 0.15) is 5.54 Å². The van der Waals surface area contributed by atoms with Gasteiger partial charge in [0.25, 0.3) is 0 Å². The SMILES string of the molecule is Cc1ccc([C@](Cc2ccccc2)(NC(=O)NC(C)C)c2ccc(Cl)cn2)cc1C(F)(F)F. The minimum atomic E-state index is -4.55. The zero-order valence-electron chi connectivity index (χ0n) is 18.5. The van der Waals surface area contributed by atoms with Crippen molar-refractivity contribution in [2.45, 2.75) is 44.9 Å². The molecule has 0 radical (unpaired) electrons. The number of aromatic nitrogens is 1. The van der Waals surface area contributed by atoms with Crippen LogP contribution in [0.4, 0.5) is 18.0 Å². The number of amides is 2. The molecular formula is C25H25ClF3N3O. The minimum absolute atomic E-state index is 0.0931. The van der Waals surface area contributed by atoms with E-state index in [1.54, 1.807) is 32.0 Å². The Hall–Kier alpha value is -3.06. The van der Waals surface area contributed by atoms with Crippen LogP contribution in [0.1, 0.15) is 41.8 Å². The highest BCUT2D eigenvalue weighted by Crippen LogP contribution is 2.38. The number of hydrogen-bond donors (Lipinski definition) is 2. The molecular weight excluding hydrogens is 451 g/mol. The van der Waals surface area contributed by atoms with Crippen molar-refractivity contribution in [3.05, 3.63) is 99.8 Å². The molecule has 1 aromatic heterocycles. The number of benzene rings is 2. The molecule has 0 saturated heterocycles. The molecule has 0 unspecified atom stereocenters. The van der Waals surface area contributed by atoms with Crippen molar-refractivity contribution in [1.82, 2.24) is 15.6 Å². The Morgan fingerprint density at radius 3 is 2.33 bits per heavy atom. The molecule has 2 N–H and O–H groups in total. The van der Waals surface area contributed by atoms with E-state index < -0.39 is 23.3 Å². The summed E-state index contributed by atoms with van der Waals surface area (Å²) in [7, 11) is 0. The van der Waals surface area contributed by atoms with Crippen molar-refractivity contribution in [3.63, 3.8) is 0 Å². The molecule has 174 valence electrons. The van der Waals surface area contributed by atoms with Gasteiger partial charge in [0.2, 0.25) is 0 Å². The van der Waals surface area contributed by atoms with Gasteiger partial charge in [-0.2, -0.15) is 13.2 Å². The maximum atomic E-state index is 13.8. The second kappa shape index (κ2) is 9.83. The molecule has 1 atom stereocenters. The molecule has 0 spiro atoms. The lowest BCUT2D eigenvalue weighted by atomic mass is 9.79. The monoisotopic (exact) mass is 475 g/mol. The van der Waals surface area contributed by atoms with Crippen LogP contribution < -0.4 is 10.6 Å². The zero-order chi connectivity index (χ0) is 24.2. The molecule has 33 heavy (non-hydrogen) atoms. The van der Waals surface area contributed by atoms with E-state index in [0.717, 1.165) is 11.6 Å². The normalized spacial score (nSPS) is 13.5. The second-order valence-electron chi connectivity index (χ2n) is 8.21. The number of aryl methyl sites for hydroxylation is 1. The van der Waals surface area contributed by atoms with Crippen molar-refractivity contribution in [2.75, 3.05) is 0 Å². The number of alkyl halides is 3. The van der Waals surface area contributed by atoms with Crippen LogP contribution in [0.3, 0.4) is 0 Å². The third-order valence-electron chi connectivity index (χ3n) is 5.26. The first-order valence-corrected chi connectivity index (χ1v) is 10.8. The van der Waals surface area contributed by atoms with E-state index in [9.17, 15) is 18.0 Å². The van der Waals surface area contributed by atoms with Crippen molar-refractivity contribution in [3.8, 4) is 0 Å². The van der Waals surface area contributed by atoms with Gasteiger partial charge in [0.05, 0.1) is 16.3 Å². The maximum absolute atomic E-state index is 13.8. The van der Waals surface area contributed by atoms with Crippen LogP contribution in [-0.2, 0) is 18.1 Å². The molecule has 0 aliphatic carbocycles. The van der Waals surface area contributed by atoms with E-state index in [1.165, 1.54) is 19.2 Å². The summed E-state index contributed by atoms with van der Waals surface area (Å²) in [6.07, 6.45) is -2.96. The van der Waals surface area contributed by atoms with Gasteiger partial charge in [0, 0.05) is 18.7 Å². The first-order valence-electron chi connectivity index (χ1n) is 10.4. The average Bonchev–Trinajstić information content (AvgIpc) is 2.73. The number of halogens is 4. The molecule has 0 aliphatic rings. The molecule has 3 aromatic rings. The lowest BCUT2D eigenvalue weighted by Gasteiger charge is -2.36. The predicted molar refractivity (Wildman–Crippen MR) is 123 cm³/mol. The largest absolute Gasteiger partial charge is 0.416 e. The van der Waals surface area contributed by atoms with Crippen LogP contribution in [0.15, 0.2) is 66.9 Å². The summed E-state index contributed by atoms with van der Waals surface area (Å²) in [5.41, 5.74) is -0.621. The summed E-state index contributed by atoms with van der Waals surface area (Å²) < 4.78 is 41.4. The third-order valence-corrected chi connectivity index (χ3v) is 5.48. The second-order valence-corrected chi connectivity index (χ2v) is 8.65. The predicted octanol–water partition coefficient (Wildman–Crippen LogP) is 6.26. The number of nitrogens with one attached hydrogen (secondary N) is 2. The van der Waals surface area contributed by atoms with E-state index in [2.05, 4.69) is 15.6 Å². The Morgan fingerprint density at radius 1 is 1.06 bits per heavy atom. The van der Waals surface area contributed by atoms with Crippen molar-refractivity contribution >= 4 is 17.6 Å². The molecule has 8 heteroatoms. The maximum Gasteiger partial charge on any atom is 0.416 e. The summed E-state index contributed by atoms with van der Waals surface area (Å²) in [5, 5.41) is 6.08. The number of pyridine rings is 1. The Kier molecular flexibility index (Phi) is 7.32. The van der Waals surface area contributed by atoms with Crippen molar-refractivity contribution in [1.29, 1.82) is 0 Å². The number of nitrogens with zero attached hydrogens (tertiary/aromatic N) is 1. The Labute approximate surface area is 196 Å². The van der Waals surface area contributed by atoms with Gasteiger partial charge in [-0.25, -0.2) is 4.79 Å². The standard InChI is InChI=1S/C25H25ClF3N3O/c1-16(2)31-23(33)32-24(14-18-7-5-4-6-8-18,22-12-11-20(26)15-30-22)19-10-9-17(3)21(13-19)25(27,28)29/h4-13,15-16H,14H2,1-3H3,(H2,31,32,33)/t24-/m0/s1. The molecule has 0 bridgehead atoms. The van der Waals surface area contributed by atoms with E-state index >= 15 is 0 Å². The molecule has 2 aromatic carbocycles. The Bertz CT molecular complexity index is 1100. The lowest BCUT2D eigenvalue weighted by Crippen LogP contribution is -2.53. The van der Waals surface area contributed by atoms with Gasteiger partial charge in [0.15, 0.2) is 0 Å². The summed E-state index contributed by atoms with van der Waals surface area (Å²) in [5.74, 6) is 0. The average molecular weight is 476 g/mol. The number of urea groups is 1. The zero-order valence-corrected chi connectivity index (χ0v) is 19.3. The third kappa shape index (κ3) is 5.85. The van der Waals surface area contributed by atoms with Gasteiger partial charge in [-0.1, -0.05) is 54.1 Å². The topological polar surface area (TPSA) is 54.0 Å². The number of carbonyl (C=O) groups is 1. The quantitative estimate of drug-likeness (QED) is 0.442. The van der Waals surface area contributed by atoms with Gasteiger partial charge in [-0.15, -0.1) is 0 Å². The number of rotatable bonds is 6. The van der Waals surface area contributed by atoms with Crippen LogP contribution >= 0.6 is 11.6 Å². The highest BCUT2D eigenvalue weighted by molar-refractivity contribution is 6.30. The fraction of sp³-hybridized carbons (Fsp3) is 0.280. The first-order chi connectivity index (χ1) is 15.5. The lowest BCUT2D eigenvalue weighted by molar-refractivity contribution is -0.138. The Balaban J connectivity index is 2.28. The van der Waals surface area contributed by atoms with Gasteiger partial charge in [-0.05, 0) is 55.7 Å². The highest BCUT2D eigenvalue weighted by Gasteiger charge is 2.41. The van der Waals surface area contributed by atoms with E-state index in [1.807, 2.05) is 30.3 Å². The van der Waals surface area contributed by atoms with Gasteiger partial charge < -0.3 is 10.6 Å². The van der Waals surface area contributed by atoms with Crippen LogP contribution in [0, 0.1) is 6.92 Å². The van der Waals surface area contributed by atoms with E-state index in [0.29, 0.717) is 10.7 Å². The first kappa shape index (κ1) is 24.6. The van der Waals surface area contributed by atoms with Gasteiger partial charge in [-0.3, -0.25) is 4.98 Å². The fourth-order valence-electron chi connectivity index (χ4n) is 3.74. The smallest absolute Gasteiger partial charge is 0.336 e. The Morgan fingerprint density at radius 2 is 1.76 bits per heavy atom. The van der Waals surface area contributed by atoms with Crippen LogP contribution in [0.5, 0.6) is 0 Å². The summed E-state index contributed by atoms with van der Waals surface area (Å²) in [6.45, 7) is 5.00. The van der Waals surface area contributed by atoms with Crippen LogP contribution in [0.25, 0.3) is 0 Å². The summed E-state index contributed by atoms with van der Waals surface area (Å²) in [6, 6.07) is 15.8. The van der Waals surface area contributed by atoms with Crippen molar-refractivity contribution in [2.24, 2.45) is 0 Å². The van der Waals surface area contributed by atoms with E-state index in [-0.39, 0.29) is 23.6 Å². The summed E-state index contributed by atoms with van der Waals surface area (Å²) in [4.78, 5) is 17.3. The molecule has 0 fully saturated rings. The summed E-state index contributed by atoms with van der Waals surface area (Å²) >= 11 is 6.04. The molecule has 0 aliphatic heterocycles. The molecule has 0 saturated carbocycles.